The summed E-state index contributed by atoms with van der Waals surface area (Å²) in [6.45, 7) is 0.754. The van der Waals surface area contributed by atoms with Gasteiger partial charge in [0.15, 0.2) is 0 Å². The van der Waals surface area contributed by atoms with Gasteiger partial charge in [-0.1, -0.05) is 36.4 Å². The van der Waals surface area contributed by atoms with Gasteiger partial charge in [-0.25, -0.2) is 9.97 Å². The topological polar surface area (TPSA) is 75.9 Å². The van der Waals surface area contributed by atoms with Gasteiger partial charge in [0.25, 0.3) is 0 Å². The Labute approximate surface area is 166 Å². The first kappa shape index (κ1) is 18.4. The van der Waals surface area contributed by atoms with E-state index in [0.717, 1.165) is 55.1 Å². The first-order valence-corrected chi connectivity index (χ1v) is 10.00. The van der Waals surface area contributed by atoms with Gasteiger partial charge in [0, 0.05) is 30.4 Å². The molecule has 5 nitrogen and oxygen atoms in total. The second-order valence-electron chi connectivity index (χ2n) is 7.43. The molecule has 1 aromatic carbocycles. The summed E-state index contributed by atoms with van der Waals surface area (Å²) in [6, 6.07) is 21.3. The van der Waals surface area contributed by atoms with Crippen LogP contribution < -0.4 is 16.4 Å². The lowest BCUT2D eigenvalue weighted by Gasteiger charge is -2.27. The van der Waals surface area contributed by atoms with Crippen molar-refractivity contribution < 1.29 is 0 Å². The predicted molar refractivity (Wildman–Crippen MR) is 115 cm³/mol. The number of hydrogen-bond acceptors (Lipinski definition) is 5. The lowest BCUT2D eigenvalue weighted by atomic mass is 9.92. The van der Waals surface area contributed by atoms with Crippen molar-refractivity contribution in [3.63, 3.8) is 0 Å². The molecule has 3 aromatic rings. The minimum absolute atomic E-state index is 0.354. The number of nitrogens with zero attached hydrogens (tertiary/aromatic N) is 2. The van der Waals surface area contributed by atoms with Crippen LogP contribution in [0.15, 0.2) is 66.9 Å². The molecule has 0 atom stereocenters. The Bertz CT molecular complexity index is 888. The Morgan fingerprint density at radius 1 is 0.893 bits per heavy atom. The van der Waals surface area contributed by atoms with E-state index in [2.05, 4.69) is 33.8 Å². The summed E-state index contributed by atoms with van der Waals surface area (Å²) in [4.78, 5) is 9.26. The molecule has 0 saturated heterocycles. The van der Waals surface area contributed by atoms with Crippen LogP contribution in [0.5, 0.6) is 0 Å². The molecule has 0 unspecified atom stereocenters. The fraction of sp³-hybridized carbons (Fsp3) is 0.304. The highest BCUT2D eigenvalue weighted by molar-refractivity contribution is 5.64. The molecule has 4 N–H and O–H groups in total. The Morgan fingerprint density at radius 2 is 1.71 bits per heavy atom. The molecular formula is C23H27N5. The van der Waals surface area contributed by atoms with Crippen LogP contribution in [0.4, 0.5) is 11.6 Å². The molecule has 1 aliphatic carbocycles. The monoisotopic (exact) mass is 373 g/mol. The molecule has 0 amide bonds. The summed E-state index contributed by atoms with van der Waals surface area (Å²) >= 11 is 0. The molecule has 1 fully saturated rings. The fourth-order valence-corrected chi connectivity index (χ4v) is 3.62. The number of nitrogens with one attached hydrogen (secondary N) is 2. The van der Waals surface area contributed by atoms with Gasteiger partial charge in [-0.2, -0.15) is 0 Å². The van der Waals surface area contributed by atoms with E-state index >= 15 is 0 Å². The minimum atomic E-state index is 0.354. The van der Waals surface area contributed by atoms with Gasteiger partial charge in [-0.3, -0.25) is 0 Å². The zero-order valence-corrected chi connectivity index (χ0v) is 16.0. The molecule has 0 bridgehead atoms. The van der Waals surface area contributed by atoms with Gasteiger partial charge in [0.05, 0.1) is 5.69 Å². The van der Waals surface area contributed by atoms with E-state index in [1.54, 1.807) is 0 Å². The summed E-state index contributed by atoms with van der Waals surface area (Å²) in [6.07, 6.45) is 6.20. The molecule has 2 aromatic heterocycles. The summed E-state index contributed by atoms with van der Waals surface area (Å²) < 4.78 is 0. The normalized spacial score (nSPS) is 19.2. The average molecular weight is 374 g/mol. The number of hydrogen-bond donors (Lipinski definition) is 3. The van der Waals surface area contributed by atoms with Gasteiger partial charge < -0.3 is 16.4 Å². The van der Waals surface area contributed by atoms with E-state index < -0.39 is 0 Å². The summed E-state index contributed by atoms with van der Waals surface area (Å²) in [5.41, 5.74) is 9.24. The van der Waals surface area contributed by atoms with E-state index in [1.165, 1.54) is 5.56 Å². The number of pyridine rings is 2. The molecular weight excluding hydrogens is 346 g/mol. The molecule has 1 saturated carbocycles. The van der Waals surface area contributed by atoms with Crippen molar-refractivity contribution in [2.45, 2.75) is 44.3 Å². The van der Waals surface area contributed by atoms with Crippen LogP contribution in [-0.4, -0.2) is 22.1 Å². The minimum Gasteiger partial charge on any atom is -0.367 e. The van der Waals surface area contributed by atoms with Crippen molar-refractivity contribution in [1.82, 2.24) is 9.97 Å². The van der Waals surface area contributed by atoms with Gasteiger partial charge >= 0.3 is 0 Å². The molecule has 28 heavy (non-hydrogen) atoms. The predicted octanol–water partition coefficient (Wildman–Crippen LogP) is 4.44. The van der Waals surface area contributed by atoms with Crippen LogP contribution in [0, 0.1) is 0 Å². The number of rotatable bonds is 6. The van der Waals surface area contributed by atoms with Crippen LogP contribution in [0.1, 0.15) is 31.2 Å². The molecule has 5 heteroatoms. The van der Waals surface area contributed by atoms with Crippen LogP contribution in [0.3, 0.4) is 0 Å². The highest BCUT2D eigenvalue weighted by Crippen LogP contribution is 2.24. The Balaban J connectivity index is 1.43. The number of benzene rings is 1. The van der Waals surface area contributed by atoms with Crippen LogP contribution in [-0.2, 0) is 6.54 Å². The van der Waals surface area contributed by atoms with Crippen molar-refractivity contribution >= 4 is 11.6 Å². The second kappa shape index (κ2) is 8.85. The molecule has 0 spiro atoms. The lowest BCUT2D eigenvalue weighted by Crippen LogP contribution is -2.32. The van der Waals surface area contributed by atoms with Gasteiger partial charge in [-0.05, 0) is 55.5 Å². The quantitative estimate of drug-likeness (QED) is 0.596. The molecule has 2 heterocycles. The average Bonchev–Trinajstić information content (AvgIpc) is 2.75. The molecule has 0 radical (unpaired) electrons. The Hall–Kier alpha value is -2.92. The van der Waals surface area contributed by atoms with Crippen molar-refractivity contribution in [3.8, 4) is 11.3 Å². The number of nitrogens with two attached hydrogens (primary N) is 1. The van der Waals surface area contributed by atoms with Crippen molar-refractivity contribution in [2.75, 3.05) is 10.6 Å². The molecule has 0 aliphatic heterocycles. The SMILES string of the molecule is N[C@H]1CC[C@H](Nc2cc(-c3cccc(NCc4ccccc4)n3)ccn2)CC1. The third-order valence-corrected chi connectivity index (χ3v) is 5.25. The van der Waals surface area contributed by atoms with E-state index in [0.29, 0.717) is 12.1 Å². The summed E-state index contributed by atoms with van der Waals surface area (Å²) in [5, 5.41) is 6.96. The smallest absolute Gasteiger partial charge is 0.126 e. The van der Waals surface area contributed by atoms with E-state index in [-0.39, 0.29) is 0 Å². The number of aromatic nitrogens is 2. The standard InChI is InChI=1S/C23H27N5/c24-19-9-11-20(12-10-19)27-23-15-18(13-14-25-23)21-7-4-8-22(28-21)26-16-17-5-2-1-3-6-17/h1-8,13-15,19-20H,9-12,16,24H2,(H,25,27)(H,26,28)/t19-,20-. The zero-order chi connectivity index (χ0) is 19.2. The third-order valence-electron chi connectivity index (χ3n) is 5.25. The maximum Gasteiger partial charge on any atom is 0.126 e. The van der Waals surface area contributed by atoms with Crippen molar-refractivity contribution in [2.24, 2.45) is 5.73 Å². The van der Waals surface area contributed by atoms with Crippen LogP contribution >= 0.6 is 0 Å². The second-order valence-corrected chi connectivity index (χ2v) is 7.43. The van der Waals surface area contributed by atoms with Crippen LogP contribution in [0.25, 0.3) is 11.3 Å². The van der Waals surface area contributed by atoms with E-state index in [4.69, 9.17) is 10.7 Å². The van der Waals surface area contributed by atoms with E-state index in [1.807, 2.05) is 48.7 Å². The first-order valence-electron chi connectivity index (χ1n) is 10.00. The van der Waals surface area contributed by atoms with Crippen LogP contribution in [0.2, 0.25) is 0 Å². The van der Waals surface area contributed by atoms with Crippen molar-refractivity contribution in [1.29, 1.82) is 0 Å². The van der Waals surface area contributed by atoms with Gasteiger partial charge in [-0.15, -0.1) is 0 Å². The largest absolute Gasteiger partial charge is 0.367 e. The molecule has 1 aliphatic rings. The Kier molecular flexibility index (Phi) is 5.83. The summed E-state index contributed by atoms with van der Waals surface area (Å²) in [5.74, 6) is 1.77. The fourth-order valence-electron chi connectivity index (χ4n) is 3.62. The van der Waals surface area contributed by atoms with Crippen molar-refractivity contribution in [3.05, 3.63) is 72.4 Å². The van der Waals surface area contributed by atoms with E-state index in [9.17, 15) is 0 Å². The Morgan fingerprint density at radius 3 is 2.54 bits per heavy atom. The molecule has 4 rings (SSSR count). The lowest BCUT2D eigenvalue weighted by molar-refractivity contribution is 0.410. The van der Waals surface area contributed by atoms with Gasteiger partial charge in [0.1, 0.15) is 11.6 Å². The first-order chi connectivity index (χ1) is 13.8. The summed E-state index contributed by atoms with van der Waals surface area (Å²) in [7, 11) is 0. The maximum atomic E-state index is 6.01. The highest BCUT2D eigenvalue weighted by atomic mass is 15.0. The zero-order valence-electron chi connectivity index (χ0n) is 16.0. The highest BCUT2D eigenvalue weighted by Gasteiger charge is 2.18. The molecule has 144 valence electrons. The number of anilines is 2. The third kappa shape index (κ3) is 4.87. The van der Waals surface area contributed by atoms with Gasteiger partial charge in [0.2, 0.25) is 0 Å². The maximum absolute atomic E-state index is 6.01.